The average Bonchev–Trinajstić information content (AvgIpc) is 2.35. The molecule has 0 aliphatic rings. The first kappa shape index (κ1) is 15.6. The van der Waals surface area contributed by atoms with Crippen molar-refractivity contribution in [3.8, 4) is 0 Å². The maximum Gasteiger partial charge on any atom is 0.325 e. The second-order valence-electron chi connectivity index (χ2n) is 5.03. The minimum absolute atomic E-state index is 0.0254. The highest BCUT2D eigenvalue weighted by Crippen LogP contribution is 2.03. The molecule has 0 aliphatic heterocycles. The summed E-state index contributed by atoms with van der Waals surface area (Å²) in [6.45, 7) is 3.57. The molecule has 0 bridgehead atoms. The average molecular weight is 267 g/mol. The van der Waals surface area contributed by atoms with E-state index in [9.17, 15) is 9.90 Å². The van der Waals surface area contributed by atoms with Gasteiger partial charge in [0.25, 0.3) is 0 Å². The monoisotopic (exact) mass is 267 g/mol. The van der Waals surface area contributed by atoms with Crippen LogP contribution in [-0.2, 0) is 20.9 Å². The van der Waals surface area contributed by atoms with E-state index in [2.05, 4.69) is 0 Å². The fraction of sp³-hybridized carbons (Fsp3) is 0.500. The molecule has 1 atom stereocenters. The van der Waals surface area contributed by atoms with E-state index in [0.29, 0.717) is 0 Å². The Labute approximate surface area is 113 Å². The number of benzene rings is 1. The van der Waals surface area contributed by atoms with Crippen LogP contribution in [0.4, 0.5) is 0 Å². The number of rotatable bonds is 7. The summed E-state index contributed by atoms with van der Waals surface area (Å²) in [5.74, 6) is -0.514. The molecular weight excluding hydrogens is 246 g/mol. The van der Waals surface area contributed by atoms with Crippen LogP contribution >= 0.6 is 0 Å². The van der Waals surface area contributed by atoms with Gasteiger partial charge in [-0.25, -0.2) is 0 Å². The van der Waals surface area contributed by atoms with Gasteiger partial charge in [0.1, 0.15) is 12.6 Å². The molecule has 1 rings (SSSR count). The second kappa shape index (κ2) is 7.23. The smallest absolute Gasteiger partial charge is 0.325 e. The third kappa shape index (κ3) is 6.91. The number of esters is 1. The van der Waals surface area contributed by atoms with Crippen molar-refractivity contribution in [2.45, 2.75) is 32.1 Å². The Bertz CT molecular complexity index is 386. The van der Waals surface area contributed by atoms with Gasteiger partial charge in [0, 0.05) is 0 Å². The third-order valence-corrected chi connectivity index (χ3v) is 2.28. The van der Waals surface area contributed by atoms with E-state index in [0.717, 1.165) is 5.56 Å². The molecule has 0 unspecified atom stereocenters. The minimum atomic E-state index is -0.937. The normalized spacial score (nSPS) is 13.1. The minimum Gasteiger partial charge on any atom is -0.460 e. The van der Waals surface area contributed by atoms with Crippen LogP contribution in [0.25, 0.3) is 0 Å². The van der Waals surface area contributed by atoms with Gasteiger partial charge in [-0.05, 0) is 19.4 Å². The fourth-order valence-corrected chi connectivity index (χ4v) is 1.34. The molecule has 5 heteroatoms. The zero-order valence-electron chi connectivity index (χ0n) is 11.3. The van der Waals surface area contributed by atoms with E-state index in [4.69, 9.17) is 15.2 Å². The highest BCUT2D eigenvalue weighted by atomic mass is 16.5. The number of carbonyl (C=O) groups is 1. The lowest BCUT2D eigenvalue weighted by molar-refractivity contribution is -0.148. The van der Waals surface area contributed by atoms with Crippen molar-refractivity contribution in [2.24, 2.45) is 5.73 Å². The molecule has 0 aromatic heterocycles. The summed E-state index contributed by atoms with van der Waals surface area (Å²) in [4.78, 5) is 11.6. The molecule has 106 valence electrons. The summed E-state index contributed by atoms with van der Waals surface area (Å²) < 4.78 is 10.2. The van der Waals surface area contributed by atoms with Crippen molar-refractivity contribution in [1.29, 1.82) is 0 Å². The quantitative estimate of drug-likeness (QED) is 0.716. The molecule has 0 radical (unpaired) electrons. The van der Waals surface area contributed by atoms with Crippen LogP contribution in [-0.4, -0.2) is 35.9 Å². The Morgan fingerprint density at radius 3 is 2.58 bits per heavy atom. The number of aliphatic hydroxyl groups is 1. The summed E-state index contributed by atoms with van der Waals surface area (Å²) in [6.07, 6.45) is 0. The molecule has 1 aromatic carbocycles. The van der Waals surface area contributed by atoms with Crippen molar-refractivity contribution in [3.05, 3.63) is 35.9 Å². The van der Waals surface area contributed by atoms with Gasteiger partial charge in [-0.15, -0.1) is 0 Å². The van der Waals surface area contributed by atoms with E-state index >= 15 is 0 Å². The van der Waals surface area contributed by atoms with Crippen LogP contribution in [0.5, 0.6) is 0 Å². The van der Waals surface area contributed by atoms with Gasteiger partial charge in [0.05, 0.1) is 18.8 Å². The largest absolute Gasteiger partial charge is 0.460 e. The Kier molecular flexibility index (Phi) is 5.95. The number of hydrogen-bond donors (Lipinski definition) is 2. The Hall–Kier alpha value is -1.43. The van der Waals surface area contributed by atoms with Crippen molar-refractivity contribution >= 4 is 5.97 Å². The number of nitrogens with two attached hydrogens (primary N) is 1. The lowest BCUT2D eigenvalue weighted by Gasteiger charge is -2.18. The molecule has 0 spiro atoms. The topological polar surface area (TPSA) is 81.8 Å². The maximum atomic E-state index is 11.6. The van der Waals surface area contributed by atoms with Gasteiger partial charge >= 0.3 is 5.97 Å². The molecule has 1 aromatic rings. The van der Waals surface area contributed by atoms with Crippen molar-refractivity contribution in [1.82, 2.24) is 0 Å². The van der Waals surface area contributed by atoms with Crippen molar-refractivity contribution < 1.29 is 19.4 Å². The summed E-state index contributed by atoms with van der Waals surface area (Å²) in [7, 11) is 0. The molecule has 5 nitrogen and oxygen atoms in total. The van der Waals surface area contributed by atoms with Crippen LogP contribution < -0.4 is 5.73 Å². The SMILES string of the molecule is CC(C)(O)COC[C@H](N)C(=O)OCc1ccccc1. The molecule has 0 aliphatic carbocycles. The number of carbonyl (C=O) groups excluding carboxylic acids is 1. The van der Waals surface area contributed by atoms with Gasteiger partial charge in [0.15, 0.2) is 0 Å². The summed E-state index contributed by atoms with van der Waals surface area (Å²) in [6, 6.07) is 8.52. The van der Waals surface area contributed by atoms with Gasteiger partial charge < -0.3 is 20.3 Å². The summed E-state index contributed by atoms with van der Waals surface area (Å²) in [5, 5.41) is 9.44. The molecule has 3 N–H and O–H groups in total. The van der Waals surface area contributed by atoms with E-state index in [-0.39, 0.29) is 19.8 Å². The predicted octanol–water partition coefficient (Wildman–Crippen LogP) is 0.845. The molecule has 19 heavy (non-hydrogen) atoms. The van der Waals surface area contributed by atoms with Crippen LogP contribution in [0.15, 0.2) is 30.3 Å². The van der Waals surface area contributed by atoms with Crippen LogP contribution in [0.2, 0.25) is 0 Å². The Balaban J connectivity index is 2.25. The standard InChI is InChI=1S/C14H21NO4/c1-14(2,17)10-18-9-12(15)13(16)19-8-11-6-4-3-5-7-11/h3-7,12,17H,8-10,15H2,1-2H3/t12-/m0/s1. The second-order valence-corrected chi connectivity index (χ2v) is 5.03. The highest BCUT2D eigenvalue weighted by molar-refractivity contribution is 5.75. The first-order chi connectivity index (χ1) is 8.88. The Morgan fingerprint density at radius 2 is 2.00 bits per heavy atom. The molecule has 0 saturated carbocycles. The van der Waals surface area contributed by atoms with Crippen LogP contribution in [0.1, 0.15) is 19.4 Å². The van der Waals surface area contributed by atoms with Gasteiger partial charge in [-0.3, -0.25) is 4.79 Å². The molecule has 0 saturated heterocycles. The van der Waals surface area contributed by atoms with Gasteiger partial charge in [0.2, 0.25) is 0 Å². The third-order valence-electron chi connectivity index (χ3n) is 2.28. The van der Waals surface area contributed by atoms with E-state index in [1.807, 2.05) is 30.3 Å². The van der Waals surface area contributed by atoms with Crippen LogP contribution in [0.3, 0.4) is 0 Å². The summed E-state index contributed by atoms with van der Waals surface area (Å²) in [5.41, 5.74) is 5.60. The zero-order valence-corrected chi connectivity index (χ0v) is 11.3. The van der Waals surface area contributed by atoms with E-state index in [1.54, 1.807) is 13.8 Å². The highest BCUT2D eigenvalue weighted by Gasteiger charge is 2.18. The molecule has 0 heterocycles. The number of ether oxygens (including phenoxy) is 2. The summed E-state index contributed by atoms with van der Waals surface area (Å²) >= 11 is 0. The first-order valence-electron chi connectivity index (χ1n) is 6.15. The molecular formula is C14H21NO4. The van der Waals surface area contributed by atoms with Gasteiger partial charge in [-0.1, -0.05) is 30.3 Å². The van der Waals surface area contributed by atoms with Crippen molar-refractivity contribution in [3.63, 3.8) is 0 Å². The molecule has 0 amide bonds. The van der Waals surface area contributed by atoms with Crippen LogP contribution in [0, 0.1) is 0 Å². The maximum absolute atomic E-state index is 11.6. The van der Waals surface area contributed by atoms with E-state index in [1.165, 1.54) is 0 Å². The first-order valence-corrected chi connectivity index (χ1v) is 6.15. The fourth-order valence-electron chi connectivity index (χ4n) is 1.34. The van der Waals surface area contributed by atoms with Gasteiger partial charge in [-0.2, -0.15) is 0 Å². The predicted molar refractivity (Wildman–Crippen MR) is 71.3 cm³/mol. The lowest BCUT2D eigenvalue weighted by atomic mass is 10.2. The zero-order chi connectivity index (χ0) is 14.3. The molecule has 0 fully saturated rings. The van der Waals surface area contributed by atoms with E-state index < -0.39 is 17.6 Å². The number of hydrogen-bond acceptors (Lipinski definition) is 5. The Morgan fingerprint density at radius 1 is 1.37 bits per heavy atom. The lowest BCUT2D eigenvalue weighted by Crippen LogP contribution is -2.38. The van der Waals surface area contributed by atoms with Crippen molar-refractivity contribution in [2.75, 3.05) is 13.2 Å².